The van der Waals surface area contributed by atoms with Gasteiger partial charge in [0.1, 0.15) is 18.8 Å². The first-order valence-corrected chi connectivity index (χ1v) is 28.0. The summed E-state index contributed by atoms with van der Waals surface area (Å²) in [6, 6.07) is 0. The van der Waals surface area contributed by atoms with Crippen LogP contribution in [0.25, 0.3) is 0 Å². The number of carbonyl (C=O) groups excluding carboxylic acids is 3. The number of allylic oxidation sites excluding steroid dienone is 6. The molecule has 1 saturated heterocycles. The number of rotatable bonds is 47. The number of aliphatic carboxylic acids is 1. The SMILES string of the molecule is CCCC/C=C\CCCCCCCC(=O)OC(COC(=O)CCCCCCC/C=C\CCCCCCCC)COC1OC(C(=O)O)C(O)C(O)C1OC(=O)CCCCCCC/C=C\CCCCCC. The summed E-state index contributed by atoms with van der Waals surface area (Å²) in [4.78, 5) is 50.9. The number of unbranched alkanes of at least 4 members (excludes halogenated alkanes) is 27. The van der Waals surface area contributed by atoms with Gasteiger partial charge in [0, 0.05) is 19.3 Å². The second-order valence-electron chi connectivity index (χ2n) is 19.2. The first-order chi connectivity index (χ1) is 33.6. The van der Waals surface area contributed by atoms with Crippen LogP contribution in [0.3, 0.4) is 0 Å². The van der Waals surface area contributed by atoms with E-state index in [9.17, 15) is 34.5 Å². The van der Waals surface area contributed by atoms with Crippen molar-refractivity contribution in [1.82, 2.24) is 0 Å². The molecule has 12 heteroatoms. The van der Waals surface area contributed by atoms with E-state index in [0.29, 0.717) is 19.3 Å². The van der Waals surface area contributed by atoms with E-state index in [2.05, 4.69) is 57.2 Å². The number of aliphatic hydroxyl groups excluding tert-OH is 2. The fourth-order valence-electron chi connectivity index (χ4n) is 8.28. The van der Waals surface area contributed by atoms with Gasteiger partial charge in [0.05, 0.1) is 6.61 Å². The van der Waals surface area contributed by atoms with Crippen LogP contribution in [-0.4, -0.2) is 89.2 Å². The zero-order valence-corrected chi connectivity index (χ0v) is 43.8. The quantitative estimate of drug-likeness (QED) is 0.0228. The predicted octanol–water partition coefficient (Wildman–Crippen LogP) is 13.7. The molecular weight excluding hydrogens is 877 g/mol. The first-order valence-electron chi connectivity index (χ1n) is 28.0. The Bertz CT molecular complexity index is 1350. The molecule has 400 valence electrons. The summed E-state index contributed by atoms with van der Waals surface area (Å²) in [6.07, 6.45) is 39.8. The van der Waals surface area contributed by atoms with Gasteiger partial charge >= 0.3 is 23.9 Å². The maximum absolute atomic E-state index is 13.1. The van der Waals surface area contributed by atoms with Crippen LogP contribution >= 0.6 is 0 Å². The molecule has 0 saturated carbocycles. The van der Waals surface area contributed by atoms with Gasteiger partial charge in [-0.1, -0.05) is 179 Å². The average molecular weight is 977 g/mol. The van der Waals surface area contributed by atoms with Crippen molar-refractivity contribution in [3.8, 4) is 0 Å². The summed E-state index contributed by atoms with van der Waals surface area (Å²) in [7, 11) is 0. The van der Waals surface area contributed by atoms with Crippen LogP contribution in [0.4, 0.5) is 0 Å². The lowest BCUT2D eigenvalue weighted by Crippen LogP contribution is -2.61. The third-order valence-electron chi connectivity index (χ3n) is 12.7. The molecule has 0 bridgehead atoms. The Labute approximate surface area is 419 Å². The predicted molar refractivity (Wildman–Crippen MR) is 276 cm³/mol. The molecule has 0 aromatic carbocycles. The van der Waals surface area contributed by atoms with E-state index in [4.69, 9.17) is 23.7 Å². The third-order valence-corrected chi connectivity index (χ3v) is 12.7. The van der Waals surface area contributed by atoms with E-state index >= 15 is 0 Å². The highest BCUT2D eigenvalue weighted by atomic mass is 16.7. The van der Waals surface area contributed by atoms with Crippen LogP contribution in [0.2, 0.25) is 0 Å². The fourth-order valence-corrected chi connectivity index (χ4v) is 8.28. The standard InChI is InChI=1S/C57H100O12/c1-4-7-10-13-16-19-22-24-25-27-29-31-34-37-40-43-49(58)65-46-48(67-50(59)44-41-38-35-32-28-21-18-15-12-9-6-3)47-66-57-55(53(62)52(61)54(69-57)56(63)64)68-51(60)45-42-39-36-33-30-26-23-20-17-14-11-8-5-2/h15,18,20,23-25,48,52-55,57,61-62H,4-14,16-17,19,21-22,26-47H2,1-3H3,(H,63,64)/b18-15-,23-20-,25-24-. The molecule has 69 heavy (non-hydrogen) atoms. The number of hydrogen-bond acceptors (Lipinski definition) is 11. The average Bonchev–Trinajstić information content (AvgIpc) is 3.33. The van der Waals surface area contributed by atoms with Gasteiger partial charge in [-0.15, -0.1) is 0 Å². The molecule has 0 amide bonds. The maximum Gasteiger partial charge on any atom is 0.335 e. The van der Waals surface area contributed by atoms with Gasteiger partial charge in [-0.25, -0.2) is 4.79 Å². The van der Waals surface area contributed by atoms with Gasteiger partial charge in [0.15, 0.2) is 24.6 Å². The molecule has 1 fully saturated rings. The van der Waals surface area contributed by atoms with Crippen LogP contribution < -0.4 is 0 Å². The number of hydrogen-bond donors (Lipinski definition) is 3. The molecule has 0 aromatic rings. The topological polar surface area (TPSA) is 175 Å². The summed E-state index contributed by atoms with van der Waals surface area (Å²) in [5.74, 6) is -3.14. The van der Waals surface area contributed by atoms with Crippen molar-refractivity contribution in [2.24, 2.45) is 0 Å². The van der Waals surface area contributed by atoms with Crippen molar-refractivity contribution in [1.29, 1.82) is 0 Å². The minimum absolute atomic E-state index is 0.0506. The van der Waals surface area contributed by atoms with Crippen molar-refractivity contribution in [2.75, 3.05) is 13.2 Å². The first kappa shape index (κ1) is 64.0. The molecule has 3 N–H and O–H groups in total. The van der Waals surface area contributed by atoms with E-state index in [1.165, 1.54) is 77.0 Å². The van der Waals surface area contributed by atoms with Gasteiger partial charge in [-0.3, -0.25) is 14.4 Å². The minimum atomic E-state index is -1.90. The summed E-state index contributed by atoms with van der Waals surface area (Å²) >= 11 is 0. The highest BCUT2D eigenvalue weighted by molar-refractivity contribution is 5.74. The Morgan fingerprint density at radius 1 is 0.464 bits per heavy atom. The molecular formula is C57H100O12. The van der Waals surface area contributed by atoms with Gasteiger partial charge in [0.2, 0.25) is 0 Å². The molecule has 6 atom stereocenters. The van der Waals surface area contributed by atoms with Crippen LogP contribution in [0.15, 0.2) is 36.5 Å². The van der Waals surface area contributed by atoms with Crippen molar-refractivity contribution >= 4 is 23.9 Å². The Morgan fingerprint density at radius 3 is 1.29 bits per heavy atom. The molecule has 1 rings (SSSR count). The van der Waals surface area contributed by atoms with Crippen LogP contribution in [-0.2, 0) is 42.9 Å². The number of carbonyl (C=O) groups is 4. The van der Waals surface area contributed by atoms with E-state index in [-0.39, 0.29) is 25.9 Å². The number of ether oxygens (including phenoxy) is 5. The molecule has 0 spiro atoms. The summed E-state index contributed by atoms with van der Waals surface area (Å²) in [5, 5.41) is 31.4. The number of aliphatic hydroxyl groups is 2. The van der Waals surface area contributed by atoms with E-state index in [1.54, 1.807) is 0 Å². The Kier molecular flexibility index (Phi) is 42.7. The summed E-state index contributed by atoms with van der Waals surface area (Å²) < 4.78 is 28.3. The lowest BCUT2D eigenvalue weighted by atomic mass is 9.98. The second kappa shape index (κ2) is 46.0. The number of carboxylic acids is 1. The van der Waals surface area contributed by atoms with E-state index in [1.807, 2.05) is 0 Å². The molecule has 0 aliphatic carbocycles. The molecule has 12 nitrogen and oxygen atoms in total. The Balaban J connectivity index is 2.71. The largest absolute Gasteiger partial charge is 0.479 e. The molecule has 0 radical (unpaired) electrons. The highest BCUT2D eigenvalue weighted by Crippen LogP contribution is 2.26. The van der Waals surface area contributed by atoms with Crippen LogP contribution in [0, 0.1) is 0 Å². The highest BCUT2D eigenvalue weighted by Gasteiger charge is 2.50. The van der Waals surface area contributed by atoms with Crippen molar-refractivity contribution in [3.63, 3.8) is 0 Å². The fraction of sp³-hybridized carbons (Fsp3) is 0.825. The third kappa shape index (κ3) is 36.5. The molecule has 1 heterocycles. The second-order valence-corrected chi connectivity index (χ2v) is 19.2. The molecule has 1 aliphatic rings. The van der Waals surface area contributed by atoms with E-state index < -0.39 is 67.3 Å². The van der Waals surface area contributed by atoms with Crippen LogP contribution in [0.1, 0.15) is 252 Å². The van der Waals surface area contributed by atoms with Gasteiger partial charge in [0.25, 0.3) is 0 Å². The van der Waals surface area contributed by atoms with Crippen LogP contribution in [0.5, 0.6) is 0 Å². The van der Waals surface area contributed by atoms with E-state index in [0.717, 1.165) is 116 Å². The number of carboxylic acid groups (broad SMARTS) is 1. The molecule has 6 unspecified atom stereocenters. The Hall–Kier alpha value is -3.06. The normalized spacial score (nSPS) is 18.9. The van der Waals surface area contributed by atoms with Crippen molar-refractivity contribution in [2.45, 2.75) is 289 Å². The zero-order chi connectivity index (χ0) is 50.4. The minimum Gasteiger partial charge on any atom is -0.479 e. The lowest BCUT2D eigenvalue weighted by Gasteiger charge is -2.40. The van der Waals surface area contributed by atoms with Gasteiger partial charge < -0.3 is 39.0 Å². The monoisotopic (exact) mass is 977 g/mol. The smallest absolute Gasteiger partial charge is 0.335 e. The molecule has 1 aliphatic heterocycles. The van der Waals surface area contributed by atoms with Gasteiger partial charge in [-0.05, 0) is 89.9 Å². The van der Waals surface area contributed by atoms with Crippen molar-refractivity contribution < 1.29 is 58.2 Å². The summed E-state index contributed by atoms with van der Waals surface area (Å²) in [5.41, 5.74) is 0. The zero-order valence-electron chi connectivity index (χ0n) is 43.8. The lowest BCUT2D eigenvalue weighted by molar-refractivity contribution is -0.301. The maximum atomic E-state index is 13.1. The van der Waals surface area contributed by atoms with Gasteiger partial charge in [-0.2, -0.15) is 0 Å². The number of esters is 3. The van der Waals surface area contributed by atoms with Crippen molar-refractivity contribution in [3.05, 3.63) is 36.5 Å². The molecule has 0 aromatic heterocycles. The summed E-state index contributed by atoms with van der Waals surface area (Å²) in [6.45, 7) is 5.91. The Morgan fingerprint density at radius 2 is 0.841 bits per heavy atom.